The molecule has 1 fully saturated rings. The van der Waals surface area contributed by atoms with Gasteiger partial charge in [-0.3, -0.25) is 4.79 Å². The minimum atomic E-state index is -0.335. The van der Waals surface area contributed by atoms with Crippen molar-refractivity contribution in [1.29, 1.82) is 0 Å². The van der Waals surface area contributed by atoms with Gasteiger partial charge < -0.3 is 4.90 Å². The monoisotopic (exact) mass is 285 g/mol. The van der Waals surface area contributed by atoms with E-state index in [-0.39, 0.29) is 17.8 Å². The summed E-state index contributed by atoms with van der Waals surface area (Å²) in [5, 5.41) is 0. The van der Waals surface area contributed by atoms with E-state index in [1.807, 2.05) is 11.8 Å². The van der Waals surface area contributed by atoms with Gasteiger partial charge in [0.15, 0.2) is 0 Å². The second kappa shape index (κ2) is 4.53. The maximum atomic E-state index is 12.9. The van der Waals surface area contributed by atoms with Crippen molar-refractivity contribution < 1.29 is 9.18 Å². The molecule has 86 valence electrons. The maximum absolute atomic E-state index is 12.9. The standard InChI is InChI=1S/C12H13BrFNO/c1-8-3-2-6-15(8)12(16)10-5-4-9(14)7-11(10)13/h4-5,7-8H,2-3,6H2,1H3/t8-/m1/s1. The van der Waals surface area contributed by atoms with Crippen LogP contribution in [0.25, 0.3) is 0 Å². The van der Waals surface area contributed by atoms with Gasteiger partial charge in [-0.1, -0.05) is 0 Å². The molecule has 0 aromatic heterocycles. The summed E-state index contributed by atoms with van der Waals surface area (Å²) in [6.07, 6.45) is 2.09. The number of nitrogens with zero attached hydrogens (tertiary/aromatic N) is 1. The Balaban J connectivity index is 2.27. The second-order valence-corrected chi connectivity index (χ2v) is 4.97. The molecule has 0 saturated carbocycles. The molecular formula is C12H13BrFNO. The van der Waals surface area contributed by atoms with Crippen molar-refractivity contribution in [2.75, 3.05) is 6.54 Å². The first-order valence-corrected chi connectivity index (χ1v) is 6.15. The van der Waals surface area contributed by atoms with Crippen LogP contribution in [0.5, 0.6) is 0 Å². The van der Waals surface area contributed by atoms with E-state index in [4.69, 9.17) is 0 Å². The highest BCUT2D eigenvalue weighted by Gasteiger charge is 2.27. The number of carbonyl (C=O) groups is 1. The molecule has 1 aromatic rings. The quantitative estimate of drug-likeness (QED) is 0.776. The largest absolute Gasteiger partial charge is 0.336 e. The molecule has 2 nitrogen and oxygen atoms in total. The molecule has 0 spiro atoms. The summed E-state index contributed by atoms with van der Waals surface area (Å²) in [5.41, 5.74) is 0.537. The molecule has 0 aliphatic carbocycles. The lowest BCUT2D eigenvalue weighted by atomic mass is 10.2. The highest BCUT2D eigenvalue weighted by atomic mass is 79.9. The van der Waals surface area contributed by atoms with E-state index in [1.165, 1.54) is 18.2 Å². The number of amides is 1. The van der Waals surface area contributed by atoms with Gasteiger partial charge in [0.05, 0.1) is 5.56 Å². The predicted molar refractivity (Wildman–Crippen MR) is 63.8 cm³/mol. The lowest BCUT2D eigenvalue weighted by Crippen LogP contribution is -2.33. The summed E-state index contributed by atoms with van der Waals surface area (Å²) >= 11 is 3.23. The van der Waals surface area contributed by atoms with Crippen LogP contribution in [-0.4, -0.2) is 23.4 Å². The molecule has 1 atom stereocenters. The Kier molecular flexibility index (Phi) is 3.28. The fourth-order valence-electron chi connectivity index (χ4n) is 2.05. The molecule has 1 aliphatic heterocycles. The van der Waals surface area contributed by atoms with Gasteiger partial charge in [-0.15, -0.1) is 0 Å². The summed E-state index contributed by atoms with van der Waals surface area (Å²) in [6.45, 7) is 2.84. The normalized spacial score (nSPS) is 20.2. The van der Waals surface area contributed by atoms with Crippen LogP contribution in [0.1, 0.15) is 30.1 Å². The molecule has 4 heteroatoms. The van der Waals surface area contributed by atoms with Crippen molar-refractivity contribution in [2.45, 2.75) is 25.8 Å². The Morgan fingerprint density at radius 2 is 2.31 bits per heavy atom. The summed E-state index contributed by atoms with van der Waals surface area (Å²) in [5.74, 6) is -0.352. The van der Waals surface area contributed by atoms with E-state index in [0.717, 1.165) is 19.4 Å². The molecule has 1 saturated heterocycles. The fourth-order valence-corrected chi connectivity index (χ4v) is 2.57. The van der Waals surface area contributed by atoms with Gasteiger partial charge in [-0.2, -0.15) is 0 Å². The molecule has 0 N–H and O–H groups in total. The minimum Gasteiger partial charge on any atom is -0.336 e. The Morgan fingerprint density at radius 3 is 2.88 bits per heavy atom. The Labute approximate surface area is 103 Å². The molecule has 0 radical (unpaired) electrons. The highest BCUT2D eigenvalue weighted by Crippen LogP contribution is 2.24. The number of hydrogen-bond acceptors (Lipinski definition) is 1. The van der Waals surface area contributed by atoms with Crippen LogP contribution in [0.3, 0.4) is 0 Å². The van der Waals surface area contributed by atoms with Gasteiger partial charge in [0.2, 0.25) is 0 Å². The number of rotatable bonds is 1. The molecule has 2 rings (SSSR count). The SMILES string of the molecule is C[C@@H]1CCCN1C(=O)c1ccc(F)cc1Br. The number of carbonyl (C=O) groups excluding carboxylic acids is 1. The molecular weight excluding hydrogens is 273 g/mol. The van der Waals surface area contributed by atoms with Crippen LogP contribution in [0.15, 0.2) is 22.7 Å². The molecule has 1 heterocycles. The van der Waals surface area contributed by atoms with Gasteiger partial charge in [-0.05, 0) is 53.9 Å². The smallest absolute Gasteiger partial charge is 0.255 e. The van der Waals surface area contributed by atoms with Gasteiger partial charge in [-0.25, -0.2) is 4.39 Å². The van der Waals surface area contributed by atoms with Crippen molar-refractivity contribution in [3.63, 3.8) is 0 Å². The van der Waals surface area contributed by atoms with Gasteiger partial charge in [0.25, 0.3) is 5.91 Å². The van der Waals surface area contributed by atoms with E-state index in [9.17, 15) is 9.18 Å². The fraction of sp³-hybridized carbons (Fsp3) is 0.417. The Hall–Kier alpha value is -0.900. The van der Waals surface area contributed by atoms with Crippen molar-refractivity contribution >= 4 is 21.8 Å². The Bertz CT molecular complexity index is 421. The lowest BCUT2D eigenvalue weighted by molar-refractivity contribution is 0.0746. The van der Waals surface area contributed by atoms with E-state index < -0.39 is 0 Å². The third kappa shape index (κ3) is 2.12. The third-order valence-electron chi connectivity index (χ3n) is 2.98. The number of halogens is 2. The van der Waals surface area contributed by atoms with Crippen molar-refractivity contribution in [3.05, 3.63) is 34.1 Å². The van der Waals surface area contributed by atoms with E-state index >= 15 is 0 Å². The van der Waals surface area contributed by atoms with Crippen LogP contribution in [0.4, 0.5) is 4.39 Å². The summed E-state index contributed by atoms with van der Waals surface area (Å²) in [6, 6.07) is 4.46. The molecule has 1 amide bonds. The second-order valence-electron chi connectivity index (χ2n) is 4.11. The van der Waals surface area contributed by atoms with Crippen LogP contribution in [0, 0.1) is 5.82 Å². The zero-order valence-electron chi connectivity index (χ0n) is 9.04. The topological polar surface area (TPSA) is 20.3 Å². The highest BCUT2D eigenvalue weighted by molar-refractivity contribution is 9.10. The first-order valence-electron chi connectivity index (χ1n) is 5.35. The Morgan fingerprint density at radius 1 is 1.56 bits per heavy atom. The summed E-state index contributed by atoms with van der Waals surface area (Å²) in [4.78, 5) is 14.0. The molecule has 1 aromatic carbocycles. The zero-order valence-corrected chi connectivity index (χ0v) is 10.6. The van der Waals surface area contributed by atoms with Gasteiger partial charge >= 0.3 is 0 Å². The van der Waals surface area contributed by atoms with Crippen LogP contribution < -0.4 is 0 Å². The van der Waals surface area contributed by atoms with Crippen LogP contribution in [0.2, 0.25) is 0 Å². The van der Waals surface area contributed by atoms with Crippen LogP contribution in [-0.2, 0) is 0 Å². The van der Waals surface area contributed by atoms with Gasteiger partial charge in [0.1, 0.15) is 5.82 Å². The number of benzene rings is 1. The maximum Gasteiger partial charge on any atom is 0.255 e. The zero-order chi connectivity index (χ0) is 11.7. The van der Waals surface area contributed by atoms with Crippen LogP contribution >= 0.6 is 15.9 Å². The number of hydrogen-bond donors (Lipinski definition) is 0. The molecule has 0 bridgehead atoms. The molecule has 16 heavy (non-hydrogen) atoms. The van der Waals surface area contributed by atoms with Gasteiger partial charge in [0, 0.05) is 17.1 Å². The molecule has 0 unspecified atom stereocenters. The van der Waals surface area contributed by atoms with Crippen molar-refractivity contribution in [1.82, 2.24) is 4.90 Å². The van der Waals surface area contributed by atoms with E-state index in [2.05, 4.69) is 15.9 Å². The molecule has 1 aliphatic rings. The first kappa shape index (κ1) is 11.6. The minimum absolute atomic E-state index is 0.0168. The summed E-state index contributed by atoms with van der Waals surface area (Å²) in [7, 11) is 0. The average molecular weight is 286 g/mol. The lowest BCUT2D eigenvalue weighted by Gasteiger charge is -2.21. The third-order valence-corrected chi connectivity index (χ3v) is 3.63. The average Bonchev–Trinajstić information content (AvgIpc) is 2.63. The number of likely N-dealkylation sites (tertiary alicyclic amines) is 1. The first-order chi connectivity index (χ1) is 7.59. The summed E-state index contributed by atoms with van der Waals surface area (Å²) < 4.78 is 13.4. The van der Waals surface area contributed by atoms with E-state index in [0.29, 0.717) is 10.0 Å². The predicted octanol–water partition coefficient (Wildman–Crippen LogP) is 3.21. The van der Waals surface area contributed by atoms with E-state index in [1.54, 1.807) is 0 Å². The van der Waals surface area contributed by atoms with Crippen molar-refractivity contribution in [2.24, 2.45) is 0 Å². The van der Waals surface area contributed by atoms with Crippen molar-refractivity contribution in [3.8, 4) is 0 Å².